The van der Waals surface area contributed by atoms with Crippen LogP contribution in [0, 0.1) is 17.8 Å². The van der Waals surface area contributed by atoms with Crippen molar-refractivity contribution in [3.63, 3.8) is 0 Å². The van der Waals surface area contributed by atoms with E-state index in [4.69, 9.17) is 29.4 Å². The molecule has 0 saturated carbocycles. The molecule has 11 nitrogen and oxygen atoms in total. The van der Waals surface area contributed by atoms with Gasteiger partial charge >= 0.3 is 24.0 Å². The summed E-state index contributed by atoms with van der Waals surface area (Å²) in [5.74, 6) is -3.91. The van der Waals surface area contributed by atoms with Gasteiger partial charge in [0.1, 0.15) is 24.4 Å². The third-order valence-corrected chi connectivity index (χ3v) is 7.87. The van der Waals surface area contributed by atoms with Crippen molar-refractivity contribution in [2.45, 2.75) is 130 Å². The minimum absolute atomic E-state index is 0.123. The molecule has 2 aliphatic heterocycles. The van der Waals surface area contributed by atoms with Gasteiger partial charge in [-0.05, 0) is 38.5 Å². The van der Waals surface area contributed by atoms with Crippen LogP contribution in [0.25, 0.3) is 0 Å². The van der Waals surface area contributed by atoms with Crippen LogP contribution in [0.15, 0.2) is 23.8 Å². The van der Waals surface area contributed by atoms with Gasteiger partial charge in [-0.3, -0.25) is 14.4 Å². The third-order valence-electron chi connectivity index (χ3n) is 7.87. The number of ether oxygens (including phenoxy) is 5. The minimum Gasteiger partial charge on any atom is -0.462 e. The van der Waals surface area contributed by atoms with Crippen molar-refractivity contribution in [2.24, 2.45) is 23.5 Å². The quantitative estimate of drug-likeness (QED) is 0.232. The van der Waals surface area contributed by atoms with E-state index in [1.807, 2.05) is 26.8 Å². The highest BCUT2D eigenvalue weighted by atomic mass is 16.6. The van der Waals surface area contributed by atoms with E-state index in [0.29, 0.717) is 12.3 Å². The Labute approximate surface area is 249 Å². The molecule has 42 heavy (non-hydrogen) atoms. The number of primary amides is 1. The van der Waals surface area contributed by atoms with Crippen LogP contribution >= 0.6 is 0 Å². The first-order valence-corrected chi connectivity index (χ1v) is 14.8. The standard InChI is InChI=1S/C31H49NO10/c1-8-9-18(2)10-11-20(4)26-15-25(39-23(7)34)14-24(38-22(6)33)12-19(3)13-27-21(5)28(41-30(32)36)16-31(37,42-27)17-29(35)40-26/h8-9,13,18,20-21,24-28,37H,10-12,14-17H2,1-7H3,(H2,32,36)/b9-8+,19-13-/t18?,20?,21-,24-,25?,26-,27+,28+,31+/m0/s1. The molecule has 2 rings (SSSR count). The Morgan fingerprint density at radius 3 is 2.36 bits per heavy atom. The van der Waals surface area contributed by atoms with E-state index in [2.05, 4.69) is 13.0 Å². The Bertz CT molecular complexity index is 1010. The average molecular weight is 596 g/mol. The summed E-state index contributed by atoms with van der Waals surface area (Å²) in [5.41, 5.74) is 6.06. The van der Waals surface area contributed by atoms with Crippen molar-refractivity contribution < 1.29 is 48.0 Å². The number of carbonyl (C=O) groups excluding carboxylic acids is 4. The van der Waals surface area contributed by atoms with Crippen LogP contribution in [0.5, 0.6) is 0 Å². The summed E-state index contributed by atoms with van der Waals surface area (Å²) in [6.07, 6.45) is 2.80. The molecule has 11 heteroatoms. The molecule has 0 aromatic rings. The van der Waals surface area contributed by atoms with E-state index in [9.17, 15) is 24.3 Å². The Hall–Kier alpha value is -2.92. The van der Waals surface area contributed by atoms with Crippen LogP contribution in [0.2, 0.25) is 0 Å². The molecule has 0 radical (unpaired) electrons. The van der Waals surface area contributed by atoms with E-state index < -0.39 is 72.6 Å². The highest BCUT2D eigenvalue weighted by Crippen LogP contribution is 2.37. The van der Waals surface area contributed by atoms with Crippen LogP contribution in [-0.4, -0.2) is 65.4 Å². The molecule has 3 N–H and O–H groups in total. The number of carbonyl (C=O) groups is 4. The molecule has 9 atom stereocenters. The molecular weight excluding hydrogens is 546 g/mol. The van der Waals surface area contributed by atoms with Gasteiger partial charge < -0.3 is 34.5 Å². The van der Waals surface area contributed by atoms with Crippen LogP contribution in [0.1, 0.15) is 93.4 Å². The van der Waals surface area contributed by atoms with E-state index >= 15 is 0 Å². The molecule has 2 bridgehead atoms. The fourth-order valence-corrected chi connectivity index (χ4v) is 5.78. The second-order valence-electron chi connectivity index (χ2n) is 12.0. The lowest BCUT2D eigenvalue weighted by Crippen LogP contribution is -2.53. The zero-order valence-corrected chi connectivity index (χ0v) is 26.0. The Morgan fingerprint density at radius 1 is 1.12 bits per heavy atom. The molecule has 0 aromatic heterocycles. The Morgan fingerprint density at radius 2 is 1.76 bits per heavy atom. The normalized spacial score (nSPS) is 33.7. The summed E-state index contributed by atoms with van der Waals surface area (Å²) >= 11 is 0. The summed E-state index contributed by atoms with van der Waals surface area (Å²) in [6, 6.07) is 0. The van der Waals surface area contributed by atoms with Crippen LogP contribution in [0.3, 0.4) is 0 Å². The molecule has 1 amide bonds. The molecule has 2 aliphatic rings. The second kappa shape index (κ2) is 16.1. The third kappa shape index (κ3) is 11.8. The summed E-state index contributed by atoms with van der Waals surface area (Å²) in [4.78, 5) is 49.0. The van der Waals surface area contributed by atoms with Gasteiger partial charge in [-0.25, -0.2) is 4.79 Å². The first-order valence-electron chi connectivity index (χ1n) is 14.8. The fourth-order valence-electron chi connectivity index (χ4n) is 5.78. The zero-order valence-electron chi connectivity index (χ0n) is 26.0. The molecule has 238 valence electrons. The number of esters is 3. The van der Waals surface area contributed by atoms with E-state index in [1.165, 1.54) is 13.8 Å². The van der Waals surface area contributed by atoms with Gasteiger partial charge in [0.2, 0.25) is 0 Å². The summed E-state index contributed by atoms with van der Waals surface area (Å²) in [7, 11) is 0. The predicted molar refractivity (Wildman–Crippen MR) is 154 cm³/mol. The van der Waals surface area contributed by atoms with Gasteiger partial charge in [-0.15, -0.1) is 0 Å². The molecular formula is C31H49NO10. The van der Waals surface area contributed by atoms with Crippen LogP contribution in [0.4, 0.5) is 4.79 Å². The zero-order chi connectivity index (χ0) is 31.6. The molecule has 2 heterocycles. The van der Waals surface area contributed by atoms with E-state index in [0.717, 1.165) is 18.4 Å². The van der Waals surface area contributed by atoms with Crippen molar-refractivity contribution in [1.82, 2.24) is 0 Å². The number of allylic oxidation sites excluding steroid dienone is 2. The van der Waals surface area contributed by atoms with E-state index in [1.54, 1.807) is 13.0 Å². The van der Waals surface area contributed by atoms with Gasteiger partial charge in [-0.2, -0.15) is 0 Å². The summed E-state index contributed by atoms with van der Waals surface area (Å²) in [5, 5.41) is 11.4. The minimum atomic E-state index is -1.99. The topological polar surface area (TPSA) is 161 Å². The van der Waals surface area contributed by atoms with E-state index in [-0.39, 0.29) is 25.2 Å². The van der Waals surface area contributed by atoms with Crippen molar-refractivity contribution in [3.8, 4) is 0 Å². The summed E-state index contributed by atoms with van der Waals surface area (Å²) in [6.45, 7) is 12.2. The lowest BCUT2D eigenvalue weighted by atomic mass is 9.85. The number of fused-ring (bicyclic) bond motifs is 2. The van der Waals surface area contributed by atoms with Crippen LogP contribution in [-0.2, 0) is 38.1 Å². The molecule has 0 aromatic carbocycles. The maximum Gasteiger partial charge on any atom is 0.404 e. The van der Waals surface area contributed by atoms with Crippen molar-refractivity contribution >= 4 is 24.0 Å². The van der Waals surface area contributed by atoms with Gasteiger partial charge in [0.15, 0.2) is 5.79 Å². The largest absolute Gasteiger partial charge is 0.462 e. The highest BCUT2D eigenvalue weighted by molar-refractivity contribution is 5.71. The average Bonchev–Trinajstić information content (AvgIpc) is 2.83. The number of rotatable bonds is 8. The highest BCUT2D eigenvalue weighted by Gasteiger charge is 2.47. The monoisotopic (exact) mass is 595 g/mol. The number of cyclic esters (lactones) is 1. The Balaban J connectivity index is 2.50. The SMILES string of the molecule is C/C=C/C(C)CCC(C)[C@@H]1CC(OC(C)=O)C[C@@H](OC(C)=O)C/C(C)=C\[C@H]2O[C@@](O)(CC(=O)O1)C[C@@H](OC(N)=O)[C@H]2C. The maximum absolute atomic E-state index is 13.3. The molecule has 1 fully saturated rings. The van der Waals surface area contributed by atoms with Gasteiger partial charge in [0.05, 0.1) is 12.5 Å². The first-order chi connectivity index (χ1) is 19.6. The molecule has 3 unspecified atom stereocenters. The fraction of sp³-hybridized carbons (Fsp3) is 0.742. The molecule has 1 saturated heterocycles. The number of hydrogen-bond acceptors (Lipinski definition) is 10. The number of nitrogens with two attached hydrogens (primary N) is 1. The Kier molecular flexibility index (Phi) is 13.5. The van der Waals surface area contributed by atoms with Gasteiger partial charge in [0, 0.05) is 45.4 Å². The predicted octanol–water partition coefficient (Wildman–Crippen LogP) is 4.49. The van der Waals surface area contributed by atoms with Crippen molar-refractivity contribution in [1.29, 1.82) is 0 Å². The lowest BCUT2D eigenvalue weighted by Gasteiger charge is -2.43. The summed E-state index contributed by atoms with van der Waals surface area (Å²) < 4.78 is 28.6. The second-order valence-corrected chi connectivity index (χ2v) is 12.0. The maximum atomic E-state index is 13.3. The lowest BCUT2D eigenvalue weighted by molar-refractivity contribution is -0.279. The van der Waals surface area contributed by atoms with Gasteiger partial charge in [0.25, 0.3) is 0 Å². The molecule has 0 aliphatic carbocycles. The van der Waals surface area contributed by atoms with Gasteiger partial charge in [-0.1, -0.05) is 44.6 Å². The number of amides is 1. The van der Waals surface area contributed by atoms with Crippen molar-refractivity contribution in [3.05, 3.63) is 23.8 Å². The number of hydrogen-bond donors (Lipinski definition) is 2. The van der Waals surface area contributed by atoms with Crippen molar-refractivity contribution in [2.75, 3.05) is 0 Å². The molecule has 0 spiro atoms. The number of aliphatic hydroxyl groups is 1. The van der Waals surface area contributed by atoms with Crippen LogP contribution < -0.4 is 5.73 Å². The smallest absolute Gasteiger partial charge is 0.404 e. The first kappa shape index (κ1) is 35.3.